The van der Waals surface area contributed by atoms with E-state index in [2.05, 4.69) is 0 Å². The number of aryl methyl sites for hydroxylation is 1. The quantitative estimate of drug-likeness (QED) is 0.831. The molecule has 0 saturated carbocycles. The van der Waals surface area contributed by atoms with Crippen molar-refractivity contribution in [2.45, 2.75) is 32.8 Å². The van der Waals surface area contributed by atoms with Crippen molar-refractivity contribution in [1.82, 2.24) is 0 Å². The molecule has 1 rings (SSSR count). The number of sulfone groups is 1. The van der Waals surface area contributed by atoms with Gasteiger partial charge in [0, 0.05) is 11.3 Å². The number of aliphatic hydroxyl groups excluding tert-OH is 1. The highest BCUT2D eigenvalue weighted by Gasteiger charge is 2.12. The zero-order valence-corrected chi connectivity index (χ0v) is 10.5. The Morgan fingerprint density at radius 1 is 1.50 bits per heavy atom. The summed E-state index contributed by atoms with van der Waals surface area (Å²) in [6.45, 7) is 3.43. The first-order valence-corrected chi connectivity index (χ1v) is 7.20. The number of hydrogen-bond donors (Lipinski definition) is 1. The van der Waals surface area contributed by atoms with Gasteiger partial charge in [-0.3, -0.25) is 0 Å². The molecule has 1 unspecified atom stereocenters. The molecule has 0 amide bonds. The fourth-order valence-electron chi connectivity index (χ4n) is 1.45. The molecule has 92 valence electrons. The Bertz CT molecular complexity index is 419. The molecule has 0 saturated heterocycles. The van der Waals surface area contributed by atoms with Crippen LogP contribution in [0.25, 0.3) is 0 Å². The average Bonchev–Trinajstić information content (AvgIpc) is 2.64. The molecule has 1 N–H and O–H groups in total. The molecule has 5 heteroatoms. The standard InChI is InChI=1S/C11H18O4S/c1-3-16(13,14)6-4-5-11(12)10-7-9(2)15-8-10/h7-8,11-12H,3-6H2,1-2H3. The van der Waals surface area contributed by atoms with Gasteiger partial charge in [-0.1, -0.05) is 6.92 Å². The summed E-state index contributed by atoms with van der Waals surface area (Å²) >= 11 is 0. The molecule has 0 aromatic carbocycles. The lowest BCUT2D eigenvalue weighted by molar-refractivity contribution is 0.166. The van der Waals surface area contributed by atoms with Crippen LogP contribution < -0.4 is 0 Å². The van der Waals surface area contributed by atoms with Gasteiger partial charge in [-0.25, -0.2) is 8.42 Å². The van der Waals surface area contributed by atoms with Crippen molar-refractivity contribution >= 4 is 9.84 Å². The van der Waals surface area contributed by atoms with Gasteiger partial charge >= 0.3 is 0 Å². The second-order valence-corrected chi connectivity index (χ2v) is 6.36. The van der Waals surface area contributed by atoms with Crippen molar-refractivity contribution in [2.24, 2.45) is 0 Å². The third-order valence-corrected chi connectivity index (χ3v) is 4.30. The van der Waals surface area contributed by atoms with E-state index in [-0.39, 0.29) is 11.5 Å². The lowest BCUT2D eigenvalue weighted by atomic mass is 10.1. The lowest BCUT2D eigenvalue weighted by Crippen LogP contribution is -2.09. The second-order valence-electron chi connectivity index (χ2n) is 3.89. The van der Waals surface area contributed by atoms with E-state index in [4.69, 9.17) is 4.42 Å². The second kappa shape index (κ2) is 5.50. The summed E-state index contributed by atoms with van der Waals surface area (Å²) in [6, 6.07) is 1.76. The zero-order chi connectivity index (χ0) is 12.2. The smallest absolute Gasteiger partial charge is 0.150 e. The van der Waals surface area contributed by atoms with E-state index in [1.54, 1.807) is 19.9 Å². The number of furan rings is 1. The molecule has 0 spiro atoms. The first-order chi connectivity index (χ1) is 7.44. The minimum atomic E-state index is -2.93. The highest BCUT2D eigenvalue weighted by molar-refractivity contribution is 7.91. The Kier molecular flexibility index (Phi) is 4.56. The van der Waals surface area contributed by atoms with Crippen molar-refractivity contribution in [1.29, 1.82) is 0 Å². The Morgan fingerprint density at radius 3 is 2.69 bits per heavy atom. The molecule has 0 aliphatic rings. The van der Waals surface area contributed by atoms with Gasteiger partial charge in [0.25, 0.3) is 0 Å². The van der Waals surface area contributed by atoms with Gasteiger partial charge in [0.2, 0.25) is 0 Å². The Morgan fingerprint density at radius 2 is 2.19 bits per heavy atom. The van der Waals surface area contributed by atoms with Gasteiger partial charge < -0.3 is 9.52 Å². The van der Waals surface area contributed by atoms with Crippen molar-refractivity contribution in [3.63, 3.8) is 0 Å². The third-order valence-electron chi connectivity index (χ3n) is 2.51. The van der Waals surface area contributed by atoms with Crippen LogP contribution >= 0.6 is 0 Å². The monoisotopic (exact) mass is 246 g/mol. The van der Waals surface area contributed by atoms with Crippen molar-refractivity contribution < 1.29 is 17.9 Å². The van der Waals surface area contributed by atoms with E-state index < -0.39 is 15.9 Å². The predicted octanol–water partition coefficient (Wildman–Crippen LogP) is 1.84. The minimum absolute atomic E-state index is 0.136. The molecule has 0 fully saturated rings. The van der Waals surface area contributed by atoms with Crippen LogP contribution in [-0.4, -0.2) is 25.0 Å². The Balaban J connectivity index is 2.39. The maximum Gasteiger partial charge on any atom is 0.150 e. The van der Waals surface area contributed by atoms with Crippen molar-refractivity contribution in [3.05, 3.63) is 23.7 Å². The maximum absolute atomic E-state index is 11.2. The van der Waals surface area contributed by atoms with Crippen molar-refractivity contribution in [3.8, 4) is 0 Å². The minimum Gasteiger partial charge on any atom is -0.469 e. The molecular formula is C11H18O4S. The first kappa shape index (κ1) is 13.3. The van der Waals surface area contributed by atoms with E-state index >= 15 is 0 Å². The molecule has 0 aliphatic carbocycles. The van der Waals surface area contributed by atoms with Crippen LogP contribution in [0, 0.1) is 6.92 Å². The van der Waals surface area contributed by atoms with Crippen LogP contribution in [0.3, 0.4) is 0 Å². The first-order valence-electron chi connectivity index (χ1n) is 5.38. The average molecular weight is 246 g/mol. The van der Waals surface area contributed by atoms with Crippen LogP contribution in [0.2, 0.25) is 0 Å². The SMILES string of the molecule is CCS(=O)(=O)CCCC(O)c1coc(C)c1. The van der Waals surface area contributed by atoms with E-state index in [0.717, 1.165) is 5.76 Å². The highest BCUT2D eigenvalue weighted by Crippen LogP contribution is 2.20. The number of aliphatic hydroxyl groups is 1. The zero-order valence-electron chi connectivity index (χ0n) is 9.64. The summed E-state index contributed by atoms with van der Waals surface area (Å²) in [6.07, 6.45) is 1.79. The normalized spacial score (nSPS) is 13.9. The topological polar surface area (TPSA) is 67.5 Å². The van der Waals surface area contributed by atoms with Gasteiger partial charge in [0.1, 0.15) is 15.6 Å². The fourth-order valence-corrected chi connectivity index (χ4v) is 2.34. The van der Waals surface area contributed by atoms with E-state index in [1.807, 2.05) is 0 Å². The summed E-state index contributed by atoms with van der Waals surface area (Å²) in [5, 5.41) is 9.75. The largest absolute Gasteiger partial charge is 0.469 e. The molecule has 0 bridgehead atoms. The van der Waals surface area contributed by atoms with Gasteiger partial charge in [-0.15, -0.1) is 0 Å². The fraction of sp³-hybridized carbons (Fsp3) is 0.636. The molecular weight excluding hydrogens is 228 g/mol. The highest BCUT2D eigenvalue weighted by atomic mass is 32.2. The summed E-state index contributed by atoms with van der Waals surface area (Å²) < 4.78 is 27.5. The Hall–Kier alpha value is -0.810. The maximum atomic E-state index is 11.2. The molecule has 0 radical (unpaired) electrons. The molecule has 1 heterocycles. The molecule has 1 atom stereocenters. The molecule has 4 nitrogen and oxygen atoms in total. The molecule has 16 heavy (non-hydrogen) atoms. The molecule has 0 aliphatic heterocycles. The summed E-state index contributed by atoms with van der Waals surface area (Å²) in [5.74, 6) is 1.04. The van der Waals surface area contributed by atoms with E-state index in [1.165, 1.54) is 6.26 Å². The van der Waals surface area contributed by atoms with Crippen LogP contribution in [0.4, 0.5) is 0 Å². The van der Waals surface area contributed by atoms with Crippen LogP contribution in [0.5, 0.6) is 0 Å². The summed E-state index contributed by atoms with van der Waals surface area (Å²) in [5.41, 5.74) is 0.714. The van der Waals surface area contributed by atoms with Crippen LogP contribution in [0.15, 0.2) is 16.7 Å². The number of hydrogen-bond acceptors (Lipinski definition) is 4. The van der Waals surface area contributed by atoms with Crippen LogP contribution in [-0.2, 0) is 9.84 Å². The lowest BCUT2D eigenvalue weighted by Gasteiger charge is -2.07. The Labute approximate surface area is 96.2 Å². The molecule has 1 aromatic heterocycles. The third kappa shape index (κ3) is 3.98. The predicted molar refractivity (Wildman–Crippen MR) is 62.0 cm³/mol. The van der Waals surface area contributed by atoms with E-state index in [0.29, 0.717) is 18.4 Å². The van der Waals surface area contributed by atoms with Gasteiger partial charge in [-0.2, -0.15) is 0 Å². The summed E-state index contributed by atoms with van der Waals surface area (Å²) in [7, 11) is -2.93. The van der Waals surface area contributed by atoms with Gasteiger partial charge in [0.15, 0.2) is 0 Å². The molecule has 1 aromatic rings. The van der Waals surface area contributed by atoms with Gasteiger partial charge in [0.05, 0.1) is 18.1 Å². The van der Waals surface area contributed by atoms with Crippen LogP contribution in [0.1, 0.15) is 37.2 Å². The number of rotatable bonds is 6. The van der Waals surface area contributed by atoms with Crippen molar-refractivity contribution in [2.75, 3.05) is 11.5 Å². The summed E-state index contributed by atoms with van der Waals surface area (Å²) in [4.78, 5) is 0. The van der Waals surface area contributed by atoms with Gasteiger partial charge in [-0.05, 0) is 25.8 Å². The van der Waals surface area contributed by atoms with E-state index in [9.17, 15) is 13.5 Å².